The lowest BCUT2D eigenvalue weighted by atomic mass is 10.2. The number of methoxy groups -OCH3 is 3. The van der Waals surface area contributed by atoms with E-state index in [-0.39, 0.29) is 6.61 Å². The van der Waals surface area contributed by atoms with E-state index in [0.717, 1.165) is 0 Å². The molecule has 6 nitrogen and oxygen atoms in total. The summed E-state index contributed by atoms with van der Waals surface area (Å²) in [6.07, 6.45) is -0.344. The average Bonchev–Trinajstić information content (AvgIpc) is 2.28. The Labute approximate surface area is 94.2 Å². The maximum atomic E-state index is 9.54. The summed E-state index contributed by atoms with van der Waals surface area (Å²) >= 11 is 0. The Kier molecular flexibility index (Phi) is 4.94. The summed E-state index contributed by atoms with van der Waals surface area (Å²) in [7, 11) is 4.55. The Hall–Kier alpha value is -1.40. The molecule has 0 aromatic carbocycles. The fraction of sp³-hybridized carbons (Fsp3) is 0.600. The molecule has 0 fully saturated rings. The van der Waals surface area contributed by atoms with Crippen molar-refractivity contribution in [2.75, 3.05) is 27.9 Å². The molecule has 1 atom stereocenters. The number of rotatable bonds is 6. The van der Waals surface area contributed by atoms with Gasteiger partial charge in [-0.05, 0) is 0 Å². The Morgan fingerprint density at radius 3 is 2.19 bits per heavy atom. The van der Waals surface area contributed by atoms with Crippen LogP contribution in [-0.4, -0.2) is 49.1 Å². The summed E-state index contributed by atoms with van der Waals surface area (Å²) in [5.74, 6) is 1.28. The summed E-state index contributed by atoms with van der Waals surface area (Å²) in [5.41, 5.74) is 0. The van der Waals surface area contributed by atoms with Gasteiger partial charge in [0.2, 0.25) is 11.8 Å². The minimum atomic E-state index is -0.637. The van der Waals surface area contributed by atoms with E-state index in [0.29, 0.717) is 24.0 Å². The van der Waals surface area contributed by atoms with E-state index in [4.69, 9.17) is 14.2 Å². The smallest absolute Gasteiger partial charge is 0.220 e. The summed E-state index contributed by atoms with van der Waals surface area (Å²) < 4.78 is 14.8. The van der Waals surface area contributed by atoms with Crippen molar-refractivity contribution >= 4 is 0 Å². The van der Waals surface area contributed by atoms with Crippen molar-refractivity contribution in [3.8, 4) is 11.8 Å². The molecule has 90 valence electrons. The second-order valence-electron chi connectivity index (χ2n) is 3.18. The second kappa shape index (κ2) is 6.24. The van der Waals surface area contributed by atoms with Crippen LogP contribution in [-0.2, 0) is 11.2 Å². The van der Waals surface area contributed by atoms with E-state index in [1.807, 2.05) is 0 Å². The van der Waals surface area contributed by atoms with E-state index in [2.05, 4.69) is 9.97 Å². The second-order valence-corrected chi connectivity index (χ2v) is 3.18. The molecular formula is C10H16N2O4. The molecule has 1 N–H and O–H groups in total. The molecule has 0 amide bonds. The first kappa shape index (κ1) is 12.7. The molecule has 1 aromatic heterocycles. The summed E-state index contributed by atoms with van der Waals surface area (Å²) in [4.78, 5) is 8.19. The number of aliphatic hydroxyl groups is 1. The highest BCUT2D eigenvalue weighted by Gasteiger charge is 2.10. The Morgan fingerprint density at radius 1 is 1.19 bits per heavy atom. The Balaban J connectivity index is 2.78. The normalized spacial score (nSPS) is 12.2. The molecule has 1 unspecified atom stereocenters. The third kappa shape index (κ3) is 3.63. The first-order valence-corrected chi connectivity index (χ1v) is 4.82. The van der Waals surface area contributed by atoms with E-state index >= 15 is 0 Å². The molecule has 0 spiro atoms. The van der Waals surface area contributed by atoms with Crippen LogP contribution in [0.4, 0.5) is 0 Å². The van der Waals surface area contributed by atoms with Crippen molar-refractivity contribution in [1.29, 1.82) is 0 Å². The molecule has 0 aliphatic rings. The van der Waals surface area contributed by atoms with Crippen LogP contribution in [0.25, 0.3) is 0 Å². The van der Waals surface area contributed by atoms with E-state index in [9.17, 15) is 5.11 Å². The third-order valence-electron chi connectivity index (χ3n) is 1.92. The van der Waals surface area contributed by atoms with Crippen LogP contribution in [0.2, 0.25) is 0 Å². The fourth-order valence-corrected chi connectivity index (χ4v) is 1.21. The first-order valence-electron chi connectivity index (χ1n) is 4.82. The van der Waals surface area contributed by atoms with Crippen molar-refractivity contribution in [3.63, 3.8) is 0 Å². The summed E-state index contributed by atoms with van der Waals surface area (Å²) in [5, 5.41) is 9.54. The van der Waals surface area contributed by atoms with Crippen LogP contribution in [0.15, 0.2) is 6.07 Å². The fourth-order valence-electron chi connectivity index (χ4n) is 1.21. The maximum Gasteiger partial charge on any atom is 0.220 e. The number of hydrogen-bond donors (Lipinski definition) is 1. The van der Waals surface area contributed by atoms with Gasteiger partial charge in [-0.3, -0.25) is 0 Å². The van der Waals surface area contributed by atoms with Gasteiger partial charge in [0.05, 0.1) is 33.0 Å². The zero-order valence-electron chi connectivity index (χ0n) is 9.64. The van der Waals surface area contributed by atoms with Gasteiger partial charge in [-0.1, -0.05) is 0 Å². The molecule has 0 radical (unpaired) electrons. The van der Waals surface area contributed by atoms with Crippen LogP contribution in [0, 0.1) is 0 Å². The molecule has 0 saturated heterocycles. The largest absolute Gasteiger partial charge is 0.481 e. The van der Waals surface area contributed by atoms with Gasteiger partial charge >= 0.3 is 0 Å². The highest BCUT2D eigenvalue weighted by molar-refractivity contribution is 5.21. The molecule has 1 heterocycles. The van der Waals surface area contributed by atoms with Crippen LogP contribution in [0.5, 0.6) is 11.8 Å². The van der Waals surface area contributed by atoms with Gasteiger partial charge < -0.3 is 19.3 Å². The number of aromatic nitrogens is 2. The molecule has 1 aromatic rings. The maximum absolute atomic E-state index is 9.54. The van der Waals surface area contributed by atoms with Gasteiger partial charge in [-0.25, -0.2) is 0 Å². The Bertz CT molecular complexity index is 310. The van der Waals surface area contributed by atoms with Crippen LogP contribution in [0.1, 0.15) is 5.82 Å². The van der Waals surface area contributed by atoms with Crippen molar-refractivity contribution in [2.24, 2.45) is 0 Å². The molecule has 1 rings (SSSR count). The Morgan fingerprint density at radius 2 is 1.75 bits per heavy atom. The quantitative estimate of drug-likeness (QED) is 0.741. The molecule has 0 aliphatic heterocycles. The first-order chi connectivity index (χ1) is 7.69. The van der Waals surface area contributed by atoms with Crippen molar-refractivity contribution < 1.29 is 19.3 Å². The summed E-state index contributed by atoms with van der Waals surface area (Å²) in [6, 6.07) is 1.58. The number of nitrogens with zero attached hydrogens (tertiary/aromatic N) is 2. The van der Waals surface area contributed by atoms with Gasteiger partial charge in [0.25, 0.3) is 0 Å². The lowest BCUT2D eigenvalue weighted by molar-refractivity contribution is 0.0636. The molecule has 0 aliphatic carbocycles. The van der Waals surface area contributed by atoms with Crippen molar-refractivity contribution in [2.45, 2.75) is 12.5 Å². The number of aliphatic hydroxyl groups excluding tert-OH is 1. The zero-order chi connectivity index (χ0) is 12.0. The van der Waals surface area contributed by atoms with Gasteiger partial charge in [0.1, 0.15) is 5.82 Å². The van der Waals surface area contributed by atoms with Gasteiger partial charge in [-0.15, -0.1) is 0 Å². The van der Waals surface area contributed by atoms with Crippen molar-refractivity contribution in [3.05, 3.63) is 11.9 Å². The minimum absolute atomic E-state index is 0.239. The molecule has 0 bridgehead atoms. The topological polar surface area (TPSA) is 73.7 Å². The predicted molar refractivity (Wildman–Crippen MR) is 56.7 cm³/mol. The molecule has 16 heavy (non-hydrogen) atoms. The highest BCUT2D eigenvalue weighted by atomic mass is 16.5. The molecule has 0 saturated carbocycles. The minimum Gasteiger partial charge on any atom is -0.481 e. The lowest BCUT2D eigenvalue weighted by Crippen LogP contribution is -2.18. The molecular weight excluding hydrogens is 212 g/mol. The predicted octanol–water partition coefficient (Wildman–Crippen LogP) is 0.0436. The van der Waals surface area contributed by atoms with Crippen LogP contribution in [0.3, 0.4) is 0 Å². The summed E-state index contributed by atoms with van der Waals surface area (Å²) in [6.45, 7) is 0.239. The van der Waals surface area contributed by atoms with Gasteiger partial charge in [0, 0.05) is 13.5 Å². The monoisotopic (exact) mass is 228 g/mol. The SMILES string of the molecule is COCC(O)Cc1nc(OC)cc(OC)n1. The van der Waals surface area contributed by atoms with E-state index in [1.54, 1.807) is 6.07 Å². The standard InChI is InChI=1S/C10H16N2O4/c1-14-6-7(13)4-8-11-9(15-2)5-10(12-8)16-3/h5,7,13H,4,6H2,1-3H3. The van der Waals surface area contributed by atoms with Gasteiger partial charge in [0.15, 0.2) is 0 Å². The van der Waals surface area contributed by atoms with E-state index in [1.165, 1.54) is 21.3 Å². The molecule has 6 heteroatoms. The number of hydrogen-bond acceptors (Lipinski definition) is 6. The van der Waals surface area contributed by atoms with Crippen LogP contribution < -0.4 is 9.47 Å². The zero-order valence-corrected chi connectivity index (χ0v) is 9.64. The number of ether oxygens (including phenoxy) is 3. The lowest BCUT2D eigenvalue weighted by Gasteiger charge is -2.10. The third-order valence-corrected chi connectivity index (χ3v) is 1.92. The van der Waals surface area contributed by atoms with Gasteiger partial charge in [-0.2, -0.15) is 9.97 Å². The van der Waals surface area contributed by atoms with E-state index < -0.39 is 6.10 Å². The van der Waals surface area contributed by atoms with Crippen molar-refractivity contribution in [1.82, 2.24) is 9.97 Å². The highest BCUT2D eigenvalue weighted by Crippen LogP contribution is 2.15. The average molecular weight is 228 g/mol. The van der Waals surface area contributed by atoms with Crippen LogP contribution >= 0.6 is 0 Å².